The molecule has 0 radical (unpaired) electrons. The third-order valence-electron chi connectivity index (χ3n) is 5.01. The summed E-state index contributed by atoms with van der Waals surface area (Å²) in [7, 11) is 0. The number of rotatable bonds is 0. The Kier molecular flexibility index (Phi) is 3.12. The molecule has 0 aliphatic carbocycles. The van der Waals surface area contributed by atoms with Crippen molar-refractivity contribution in [3.63, 3.8) is 0 Å². The van der Waals surface area contributed by atoms with Crippen molar-refractivity contribution in [1.82, 2.24) is 4.90 Å². The van der Waals surface area contributed by atoms with Crippen LogP contribution in [0.2, 0.25) is 0 Å². The minimum atomic E-state index is 0.103. The lowest BCUT2D eigenvalue weighted by atomic mass is 9.67. The maximum atomic E-state index is 5.19. The van der Waals surface area contributed by atoms with Gasteiger partial charge >= 0.3 is 0 Å². The van der Waals surface area contributed by atoms with E-state index in [9.17, 15) is 0 Å². The van der Waals surface area contributed by atoms with E-state index in [1.807, 2.05) is 0 Å². The molecular formula is C17H32N2. The molecule has 1 fully saturated rings. The lowest BCUT2D eigenvalue weighted by Gasteiger charge is -2.59. The van der Waals surface area contributed by atoms with Gasteiger partial charge in [0.2, 0.25) is 0 Å². The molecule has 0 saturated carbocycles. The molecule has 0 bridgehead atoms. The smallest absolute Gasteiger partial charge is 0.106 e. The highest BCUT2D eigenvalue weighted by Gasteiger charge is 2.51. The summed E-state index contributed by atoms with van der Waals surface area (Å²) < 4.78 is 0. The van der Waals surface area contributed by atoms with Crippen molar-refractivity contribution in [1.29, 1.82) is 0 Å². The Morgan fingerprint density at radius 3 is 1.95 bits per heavy atom. The second-order valence-electron chi connectivity index (χ2n) is 9.13. The summed E-state index contributed by atoms with van der Waals surface area (Å²) in [4.78, 5) is 7.81. The van der Waals surface area contributed by atoms with Crippen LogP contribution in [0.1, 0.15) is 81.1 Å². The van der Waals surface area contributed by atoms with Crippen molar-refractivity contribution >= 4 is 5.84 Å². The third kappa shape index (κ3) is 2.55. The second-order valence-corrected chi connectivity index (χ2v) is 9.13. The number of fused-ring (bicyclic) bond motifs is 1. The molecule has 0 aromatic heterocycles. The van der Waals surface area contributed by atoms with Crippen LogP contribution in [0.25, 0.3) is 0 Å². The summed E-state index contributed by atoms with van der Waals surface area (Å²) >= 11 is 0. The van der Waals surface area contributed by atoms with Gasteiger partial charge in [-0.3, -0.25) is 4.99 Å². The summed E-state index contributed by atoms with van der Waals surface area (Å²) in [6, 6.07) is 0. The average Bonchev–Trinajstić information content (AvgIpc) is 2.18. The molecule has 2 aliphatic heterocycles. The zero-order valence-electron chi connectivity index (χ0n) is 14.2. The molecule has 2 heterocycles. The zero-order chi connectivity index (χ0) is 14.7. The molecule has 1 saturated heterocycles. The van der Waals surface area contributed by atoms with Crippen molar-refractivity contribution in [3.05, 3.63) is 0 Å². The first-order valence-corrected chi connectivity index (χ1v) is 7.78. The van der Waals surface area contributed by atoms with Crippen molar-refractivity contribution in [3.8, 4) is 0 Å². The lowest BCUT2D eigenvalue weighted by Crippen LogP contribution is -2.65. The monoisotopic (exact) mass is 264 g/mol. The molecule has 2 heteroatoms. The van der Waals surface area contributed by atoms with Crippen molar-refractivity contribution in [2.24, 2.45) is 10.4 Å². The molecule has 0 aromatic rings. The van der Waals surface area contributed by atoms with Gasteiger partial charge in [-0.2, -0.15) is 0 Å². The maximum Gasteiger partial charge on any atom is 0.106 e. The summed E-state index contributed by atoms with van der Waals surface area (Å²) in [5, 5.41) is 0. The standard InChI is InChI=1S/C17H32N2/c1-14(2,3)19-13-17(8,12-10-16(19,6)7)11-9-15(4,5)18-13/h9-12H2,1-8H3. The minimum Gasteiger partial charge on any atom is -0.350 e. The van der Waals surface area contributed by atoms with E-state index in [1.54, 1.807) is 0 Å². The van der Waals surface area contributed by atoms with Crippen LogP contribution in [0.4, 0.5) is 0 Å². The van der Waals surface area contributed by atoms with E-state index in [2.05, 4.69) is 60.3 Å². The van der Waals surface area contributed by atoms with E-state index < -0.39 is 0 Å². The van der Waals surface area contributed by atoms with Gasteiger partial charge in [0.25, 0.3) is 0 Å². The van der Waals surface area contributed by atoms with Gasteiger partial charge in [-0.1, -0.05) is 6.92 Å². The average molecular weight is 264 g/mol. The Bertz CT molecular complexity index is 398. The zero-order valence-corrected chi connectivity index (χ0v) is 14.2. The first kappa shape index (κ1) is 14.9. The van der Waals surface area contributed by atoms with Gasteiger partial charge in [-0.25, -0.2) is 0 Å². The molecule has 1 unspecified atom stereocenters. The molecule has 1 atom stereocenters. The highest BCUT2D eigenvalue weighted by atomic mass is 15.3. The van der Waals surface area contributed by atoms with Gasteiger partial charge in [0, 0.05) is 16.5 Å². The fraction of sp³-hybridized carbons (Fsp3) is 0.941. The normalized spacial score (nSPS) is 33.7. The maximum absolute atomic E-state index is 5.19. The number of piperidine rings is 1. The van der Waals surface area contributed by atoms with Crippen LogP contribution < -0.4 is 0 Å². The first-order chi connectivity index (χ1) is 8.38. The van der Waals surface area contributed by atoms with Crippen LogP contribution in [0, 0.1) is 5.41 Å². The molecule has 0 N–H and O–H groups in total. The van der Waals surface area contributed by atoms with Crippen LogP contribution in [0.5, 0.6) is 0 Å². The molecule has 0 spiro atoms. The largest absolute Gasteiger partial charge is 0.350 e. The number of aliphatic imine (C=N–C) groups is 1. The molecular weight excluding hydrogens is 232 g/mol. The second kappa shape index (κ2) is 3.99. The van der Waals surface area contributed by atoms with Crippen molar-refractivity contribution < 1.29 is 0 Å². The highest BCUT2D eigenvalue weighted by molar-refractivity contribution is 5.91. The Balaban J connectivity index is 2.55. The Labute approximate surface area is 119 Å². The van der Waals surface area contributed by atoms with Gasteiger partial charge in [-0.05, 0) is 74.1 Å². The molecule has 0 amide bonds. The SMILES string of the molecule is CC1(C)CCC2(C)CCC(C)(C)N(C(C)(C)C)C2=N1. The van der Waals surface area contributed by atoms with Crippen LogP contribution in [0.3, 0.4) is 0 Å². The van der Waals surface area contributed by atoms with E-state index in [0.29, 0.717) is 0 Å². The first-order valence-electron chi connectivity index (χ1n) is 7.78. The minimum absolute atomic E-state index is 0.103. The van der Waals surface area contributed by atoms with Gasteiger partial charge < -0.3 is 4.90 Å². The number of likely N-dealkylation sites (tertiary alicyclic amines) is 1. The van der Waals surface area contributed by atoms with Gasteiger partial charge in [0.05, 0.1) is 5.54 Å². The Morgan fingerprint density at radius 2 is 1.42 bits per heavy atom. The van der Waals surface area contributed by atoms with E-state index in [4.69, 9.17) is 4.99 Å². The fourth-order valence-electron chi connectivity index (χ4n) is 3.93. The fourth-order valence-corrected chi connectivity index (χ4v) is 3.93. The predicted molar refractivity (Wildman–Crippen MR) is 83.8 cm³/mol. The van der Waals surface area contributed by atoms with Crippen LogP contribution in [0.15, 0.2) is 4.99 Å². The van der Waals surface area contributed by atoms with Gasteiger partial charge in [0.15, 0.2) is 0 Å². The van der Waals surface area contributed by atoms with Crippen LogP contribution in [-0.4, -0.2) is 27.4 Å². The number of nitrogens with zero attached hydrogens (tertiary/aromatic N) is 2. The molecule has 2 nitrogen and oxygen atoms in total. The molecule has 2 rings (SSSR count). The lowest BCUT2D eigenvalue weighted by molar-refractivity contribution is 0.0404. The summed E-state index contributed by atoms with van der Waals surface area (Å²) in [5.41, 5.74) is 0.742. The van der Waals surface area contributed by atoms with E-state index >= 15 is 0 Å². The topological polar surface area (TPSA) is 15.6 Å². The van der Waals surface area contributed by atoms with Gasteiger partial charge in [0.1, 0.15) is 5.84 Å². The van der Waals surface area contributed by atoms with Crippen LogP contribution in [-0.2, 0) is 0 Å². The molecule has 19 heavy (non-hydrogen) atoms. The quantitative estimate of drug-likeness (QED) is 0.622. The van der Waals surface area contributed by atoms with E-state index in [1.165, 1.54) is 31.5 Å². The van der Waals surface area contributed by atoms with Gasteiger partial charge in [-0.15, -0.1) is 0 Å². The predicted octanol–water partition coefficient (Wildman–Crippen LogP) is 4.64. The highest BCUT2D eigenvalue weighted by Crippen LogP contribution is 2.49. The third-order valence-corrected chi connectivity index (χ3v) is 5.01. The molecule has 110 valence electrons. The number of amidine groups is 1. The Morgan fingerprint density at radius 1 is 0.895 bits per heavy atom. The Hall–Kier alpha value is -0.530. The van der Waals surface area contributed by atoms with Crippen molar-refractivity contribution in [2.45, 2.75) is 97.7 Å². The molecule has 0 aromatic carbocycles. The summed E-state index contributed by atoms with van der Waals surface area (Å²) in [6.07, 6.45) is 5.04. The number of hydrogen-bond acceptors (Lipinski definition) is 2. The van der Waals surface area contributed by atoms with E-state index in [-0.39, 0.29) is 22.0 Å². The summed E-state index contributed by atoms with van der Waals surface area (Å²) in [5.74, 6) is 1.37. The summed E-state index contributed by atoms with van der Waals surface area (Å²) in [6.45, 7) is 18.7. The molecule has 2 aliphatic rings. The van der Waals surface area contributed by atoms with Crippen molar-refractivity contribution in [2.75, 3.05) is 0 Å². The van der Waals surface area contributed by atoms with Crippen LogP contribution >= 0.6 is 0 Å². The van der Waals surface area contributed by atoms with E-state index in [0.717, 1.165) is 0 Å². The number of hydrogen-bond donors (Lipinski definition) is 0.